The molecule has 2 aliphatic carbocycles. The van der Waals surface area contributed by atoms with Gasteiger partial charge in [0.2, 0.25) is 64.3 Å². The number of nitro groups is 2. The molecule has 41 nitrogen and oxygen atoms in total. The fourth-order valence-corrected chi connectivity index (χ4v) is 13.6. The van der Waals surface area contributed by atoms with Crippen LogP contribution in [0.25, 0.3) is 45.6 Å². The number of benzene rings is 5. The van der Waals surface area contributed by atoms with Crippen LogP contribution in [-0.2, 0) is 35.6 Å². The van der Waals surface area contributed by atoms with Gasteiger partial charge in [-0.15, -0.1) is 0 Å². The van der Waals surface area contributed by atoms with Crippen molar-refractivity contribution in [2.45, 2.75) is 79.4 Å². The van der Waals surface area contributed by atoms with Crippen LogP contribution in [0.4, 0.5) is 39.8 Å². The van der Waals surface area contributed by atoms with E-state index < -0.39 is 9.85 Å². The molecule has 650 valence electrons. The molecule has 9 N–H and O–H groups in total. The fourth-order valence-electron chi connectivity index (χ4n) is 12.8. The van der Waals surface area contributed by atoms with Gasteiger partial charge in [0, 0.05) is 79.2 Å². The van der Waals surface area contributed by atoms with Crippen LogP contribution in [0.1, 0.15) is 109 Å². The Morgan fingerprint density at radius 3 is 1.26 bits per heavy atom. The number of carbonyl (C=O) groups is 5. The SMILES string of the molecule is CN1Cc2nc(Cl)cc(Cl)c2C1=O.COc1c(-c2noc(C)n2)cccc1[N+](=O)[O-].COc1c(/C(N)=N/O)cccc1[N+](=O)[O-].COc1c(N)cccc1-c1noc(C)n1.COc1c(Nc2cc(CC(=O)C3CC3)nc3c2C(=O)N(C)C3)cccc1-c1noc(C)n1.COc1c(Nc2cc(Cl)nc3c2C(=O)N(C)C3)cccc1-c1noc(C)n1.NC(=O)C1CC1. The zero-order valence-electron chi connectivity index (χ0n) is 69.0. The number of aromatic nitrogens is 11. The molecule has 4 amide bonds. The molecule has 5 aromatic carbocycles. The van der Waals surface area contributed by atoms with E-state index in [0.29, 0.717) is 178 Å². The number of amidine groups is 1. The number of para-hydroxylation sites is 5. The number of hydrogen-bond donors (Lipinski definition) is 6. The second-order valence-corrected chi connectivity index (χ2v) is 29.0. The molecule has 0 radical (unpaired) electrons. The minimum absolute atomic E-state index is 0.0298. The second kappa shape index (κ2) is 40.1. The van der Waals surface area contributed by atoms with E-state index in [4.69, 9.17) is 99.0 Å². The van der Waals surface area contributed by atoms with Gasteiger partial charge in [-0.2, -0.15) is 19.9 Å². The van der Waals surface area contributed by atoms with Crippen LogP contribution in [-0.4, -0.2) is 177 Å². The van der Waals surface area contributed by atoms with Crippen LogP contribution in [0, 0.1) is 59.8 Å². The number of methoxy groups -OCH3 is 5. The number of Topliss-reactive ketones (excluding diaryl/α,β-unsaturated/α-hetero) is 1. The smallest absolute Gasteiger partial charge is 0.311 e. The summed E-state index contributed by atoms with van der Waals surface area (Å²) in [6.45, 7) is 8.12. The van der Waals surface area contributed by atoms with Crippen molar-refractivity contribution in [3.05, 3.63) is 213 Å². The van der Waals surface area contributed by atoms with E-state index in [1.54, 1.807) is 115 Å². The summed E-state index contributed by atoms with van der Waals surface area (Å²) in [5, 5.41) is 55.8. The zero-order chi connectivity index (χ0) is 90.4. The number of hydrogen-bond acceptors (Lipinski definition) is 34. The molecule has 0 spiro atoms. The predicted octanol–water partition coefficient (Wildman–Crippen LogP) is 12.9. The minimum atomic E-state index is -0.604. The number of aryl methyl sites for hydroxylation is 4. The fraction of sp³-hybridized carbons (Fsp3) is 0.272. The molecule has 7 aromatic heterocycles. The van der Waals surface area contributed by atoms with Crippen molar-refractivity contribution in [3.8, 4) is 74.3 Å². The van der Waals surface area contributed by atoms with Crippen molar-refractivity contribution >= 4 is 110 Å². The Labute approximate surface area is 725 Å². The number of oxime groups is 1. The van der Waals surface area contributed by atoms with Gasteiger partial charge >= 0.3 is 11.4 Å². The zero-order valence-corrected chi connectivity index (χ0v) is 71.2. The van der Waals surface area contributed by atoms with Gasteiger partial charge in [-0.1, -0.05) is 90.9 Å². The van der Waals surface area contributed by atoms with Gasteiger partial charge in [0.05, 0.1) is 166 Å². The Morgan fingerprint density at radius 1 is 0.496 bits per heavy atom. The number of amides is 4. The van der Waals surface area contributed by atoms with Crippen LogP contribution >= 0.6 is 34.8 Å². The number of ketones is 1. The molecule has 44 heteroatoms. The maximum absolute atomic E-state index is 12.8. The highest BCUT2D eigenvalue weighted by atomic mass is 35.5. The number of nitrogens with zero attached hydrogens (tertiary/aromatic N) is 17. The van der Waals surface area contributed by atoms with Gasteiger partial charge in [-0.25, -0.2) is 9.97 Å². The average Bonchev–Trinajstić information content (AvgIpc) is 0.905. The third-order valence-electron chi connectivity index (χ3n) is 18.9. The molecule has 17 rings (SSSR count). The first-order valence-corrected chi connectivity index (χ1v) is 38.7. The average molecular weight is 1770 g/mol. The van der Waals surface area contributed by atoms with E-state index in [-0.39, 0.29) is 87.8 Å². The number of nitro benzene ring substituents is 2. The topological polar surface area (TPSA) is 557 Å². The summed E-state index contributed by atoms with van der Waals surface area (Å²) in [6.07, 6.45) is 4.22. The van der Waals surface area contributed by atoms with Crippen molar-refractivity contribution in [2.75, 3.05) is 73.1 Å². The number of halogens is 3. The lowest BCUT2D eigenvalue weighted by molar-refractivity contribution is -0.385. The van der Waals surface area contributed by atoms with Gasteiger partial charge in [-0.05, 0) is 92.4 Å². The maximum Gasteiger partial charge on any atom is 0.311 e. The number of carbonyl (C=O) groups excluding carboxylic acids is 5. The molecule has 0 unspecified atom stereocenters. The maximum atomic E-state index is 12.8. The minimum Gasteiger partial charge on any atom is -0.494 e. The first kappa shape index (κ1) is 90.8. The predicted molar refractivity (Wildman–Crippen MR) is 452 cm³/mol. The standard InChI is InChI=1S/C23H23N5O4.C18H16ClN5O3.C10H9N3O4.C10H11N3O2.C8H6Cl2N2O.C8H9N3O4.C4H7NO/c1-12-24-22(27-32-12)15-5-4-6-16(21(15)31-3)26-17-9-14(10-19(29)13-7-8-13)25-18-11-28(2)23(30)20(17)18;1-9-20-17(23-27-9)10-5-4-6-11(16(10)26-3)21-12-7-14(19)22-13-8-24(2)18(25)15(12)13;1-6-11-10(12-17-6)7-4-3-5-8(13(14)15)9(7)16-2;1-6-12-10(13-15-6)7-4-3-5-8(11)9(7)14-2;1-12-3-5-7(8(12)13)4(9)2-6(10)11-5;1-15-7-5(8(9)10-12)3-2-4-6(7)11(13)14;5-4(6)3-1-2-3/h4-6,9,13H,7-8,10-11H2,1-3H3,(H,25,26);4-7H,8H2,1-3H3,(H,21,22);3-5H,1-2H3;3-5H,11H2,1-2H3;2H,3H2,1H3;2-4,12H,1H3,(H2,9,10);3H,1-2H2,(H2,5,6). The summed E-state index contributed by atoms with van der Waals surface area (Å²) in [4.78, 5) is 114. The first-order chi connectivity index (χ1) is 59.8. The van der Waals surface area contributed by atoms with E-state index in [0.717, 1.165) is 31.2 Å². The van der Waals surface area contributed by atoms with Crippen molar-refractivity contribution in [1.82, 2.24) is 70.2 Å². The van der Waals surface area contributed by atoms with Crippen LogP contribution in [0.2, 0.25) is 15.3 Å². The lowest BCUT2D eigenvalue weighted by Gasteiger charge is -2.16. The largest absolute Gasteiger partial charge is 0.494 e. The number of nitrogens with one attached hydrogen (secondary N) is 2. The van der Waals surface area contributed by atoms with Crippen molar-refractivity contribution < 1.29 is 80.8 Å². The normalized spacial score (nSPS) is 13.2. The van der Waals surface area contributed by atoms with Crippen molar-refractivity contribution in [3.63, 3.8) is 0 Å². The quantitative estimate of drug-likeness (QED) is 0.00785. The van der Waals surface area contributed by atoms with Gasteiger partial charge in [0.25, 0.3) is 17.7 Å². The van der Waals surface area contributed by atoms with Crippen molar-refractivity contribution in [2.24, 2.45) is 28.5 Å². The molecule has 10 heterocycles. The Morgan fingerprint density at radius 2 is 0.864 bits per heavy atom. The highest BCUT2D eigenvalue weighted by Crippen LogP contribution is 2.44. The van der Waals surface area contributed by atoms with Crippen LogP contribution in [0.3, 0.4) is 0 Å². The number of pyridine rings is 3. The molecular formula is C81H81Cl3N22O19. The number of nitrogen functional groups attached to an aromatic ring is 1. The van der Waals surface area contributed by atoms with Gasteiger partial charge in [0.1, 0.15) is 16.1 Å². The highest BCUT2D eigenvalue weighted by molar-refractivity contribution is 6.36. The number of anilines is 5. The van der Waals surface area contributed by atoms with Crippen LogP contribution in [0.15, 0.2) is 132 Å². The van der Waals surface area contributed by atoms with Gasteiger partial charge < -0.3 is 89.5 Å². The summed E-state index contributed by atoms with van der Waals surface area (Å²) in [5.74, 6) is 5.00. The second-order valence-electron chi connectivity index (χ2n) is 27.8. The summed E-state index contributed by atoms with van der Waals surface area (Å²) in [5.41, 5.74) is 25.4. The summed E-state index contributed by atoms with van der Waals surface area (Å²) in [6, 6.07) is 30.0. The molecule has 2 fully saturated rings. The first-order valence-electron chi connectivity index (χ1n) is 37.6. The van der Waals surface area contributed by atoms with Gasteiger partial charge in [0.15, 0.2) is 23.1 Å². The highest BCUT2D eigenvalue weighted by Gasteiger charge is 2.36. The molecule has 0 saturated heterocycles. The third-order valence-corrected chi connectivity index (χ3v) is 19.6. The molecule has 5 aliphatic rings. The number of primary amides is 1. The lowest BCUT2D eigenvalue weighted by atomic mass is 10.1. The van der Waals surface area contributed by atoms with Crippen LogP contribution in [0.5, 0.6) is 28.7 Å². The van der Waals surface area contributed by atoms with Gasteiger partial charge in [-0.3, -0.25) is 49.2 Å². The van der Waals surface area contributed by atoms with E-state index in [1.165, 1.54) is 44.6 Å². The Balaban J connectivity index is 0.000000148. The van der Waals surface area contributed by atoms with E-state index in [9.17, 15) is 44.2 Å². The van der Waals surface area contributed by atoms with E-state index in [2.05, 4.69) is 71.3 Å². The van der Waals surface area contributed by atoms with Crippen molar-refractivity contribution in [1.29, 1.82) is 0 Å². The number of nitrogens with two attached hydrogens (primary N) is 3. The van der Waals surface area contributed by atoms with E-state index >= 15 is 0 Å². The molecule has 125 heavy (non-hydrogen) atoms. The van der Waals surface area contributed by atoms with E-state index in [1.807, 2.05) is 48.5 Å². The number of fused-ring (bicyclic) bond motifs is 3. The molecular weight excluding hydrogens is 1690 g/mol. The Kier molecular flexibility index (Phi) is 29.1. The molecule has 2 saturated carbocycles. The summed E-state index contributed by atoms with van der Waals surface area (Å²) >= 11 is 17.7. The summed E-state index contributed by atoms with van der Waals surface area (Å²) in [7, 11) is 12.5. The Hall–Kier alpha value is -15.0. The molecule has 12 aromatic rings. The van der Waals surface area contributed by atoms with Crippen LogP contribution < -0.4 is 51.5 Å². The number of ether oxygens (including phenoxy) is 5. The molecule has 0 atom stereocenters. The molecule has 3 aliphatic heterocycles. The Bertz CT molecular complexity index is 6110. The molecule has 0 bridgehead atoms. The number of rotatable bonds is 20. The lowest BCUT2D eigenvalue weighted by Crippen LogP contribution is -2.18. The third kappa shape index (κ3) is 21.5. The summed E-state index contributed by atoms with van der Waals surface area (Å²) < 4.78 is 46.2. The monoisotopic (exact) mass is 1770 g/mol.